The van der Waals surface area contributed by atoms with E-state index in [0.29, 0.717) is 17.1 Å². The number of carbonyl (C=O) groups excluding carboxylic acids is 2. The van der Waals surface area contributed by atoms with Crippen LogP contribution in [0.25, 0.3) is 0 Å². The highest BCUT2D eigenvalue weighted by Gasteiger charge is 2.33. The molecule has 1 aliphatic heterocycles. The molecule has 1 atom stereocenters. The van der Waals surface area contributed by atoms with Gasteiger partial charge in [-0.2, -0.15) is 13.2 Å². The number of nitrogens with one attached hydrogen (secondary N) is 2. The molecule has 1 saturated heterocycles. The zero-order valence-electron chi connectivity index (χ0n) is 19.6. The Bertz CT molecular complexity index is 1310. The molecule has 0 spiro atoms. The van der Waals surface area contributed by atoms with Gasteiger partial charge in [0.1, 0.15) is 27.7 Å². The van der Waals surface area contributed by atoms with Crippen molar-refractivity contribution in [3.05, 3.63) is 62.5 Å². The summed E-state index contributed by atoms with van der Waals surface area (Å²) in [5.41, 5.74) is 5.64. The standard InChI is InChI=1S/C23H23ClF3N7O2S/c1-12(32-21(36)18-14(19(28)31-11-30-18)10-34-6-2-3-7-34)22-29-9-17(37-22)20(35)33-13-4-5-16(24)15(8-13)23(25,26)27/h4-5,8-9,11-12H,2-3,6-7,10H2,1H3,(H,32,36)(H,33,35)(H2,28,30,31). The van der Waals surface area contributed by atoms with Gasteiger partial charge in [0.15, 0.2) is 0 Å². The molecule has 0 aliphatic carbocycles. The zero-order valence-corrected chi connectivity index (χ0v) is 21.2. The average Bonchev–Trinajstić information content (AvgIpc) is 3.53. The summed E-state index contributed by atoms with van der Waals surface area (Å²) in [6, 6.07) is 2.52. The molecular weight excluding hydrogens is 531 g/mol. The van der Waals surface area contributed by atoms with E-state index in [1.54, 1.807) is 6.92 Å². The fourth-order valence-electron chi connectivity index (χ4n) is 3.87. The minimum absolute atomic E-state index is 0.0649. The Morgan fingerprint density at radius 3 is 2.62 bits per heavy atom. The molecule has 14 heteroatoms. The summed E-state index contributed by atoms with van der Waals surface area (Å²) in [4.78, 5) is 40.3. The van der Waals surface area contributed by atoms with Gasteiger partial charge in [-0.25, -0.2) is 15.0 Å². The number of benzene rings is 1. The number of halogens is 4. The Balaban J connectivity index is 1.44. The summed E-state index contributed by atoms with van der Waals surface area (Å²) in [5, 5.41) is 5.18. The highest BCUT2D eigenvalue weighted by atomic mass is 35.5. The van der Waals surface area contributed by atoms with Gasteiger partial charge in [-0.3, -0.25) is 14.5 Å². The molecule has 2 amide bonds. The topological polar surface area (TPSA) is 126 Å². The van der Waals surface area contributed by atoms with Crippen molar-refractivity contribution in [2.24, 2.45) is 0 Å². The maximum Gasteiger partial charge on any atom is 0.417 e. The first kappa shape index (κ1) is 26.8. The number of thiazole rings is 1. The second-order valence-electron chi connectivity index (χ2n) is 8.47. The lowest BCUT2D eigenvalue weighted by Gasteiger charge is -2.18. The summed E-state index contributed by atoms with van der Waals surface area (Å²) in [5.74, 6) is -0.865. The van der Waals surface area contributed by atoms with Crippen molar-refractivity contribution < 1.29 is 22.8 Å². The quantitative estimate of drug-likeness (QED) is 0.392. The molecule has 4 N–H and O–H groups in total. The van der Waals surface area contributed by atoms with Crippen LogP contribution in [0.2, 0.25) is 5.02 Å². The van der Waals surface area contributed by atoms with Gasteiger partial charge in [-0.05, 0) is 51.1 Å². The molecule has 9 nitrogen and oxygen atoms in total. The van der Waals surface area contributed by atoms with E-state index in [4.69, 9.17) is 17.3 Å². The van der Waals surface area contributed by atoms with E-state index in [1.807, 2.05) is 0 Å². The number of nitrogens with zero attached hydrogens (tertiary/aromatic N) is 4. The number of likely N-dealkylation sites (tertiary alicyclic amines) is 1. The zero-order chi connectivity index (χ0) is 26.7. The first-order valence-corrected chi connectivity index (χ1v) is 12.5. The van der Waals surface area contributed by atoms with Crippen molar-refractivity contribution in [1.82, 2.24) is 25.2 Å². The molecule has 3 heterocycles. The van der Waals surface area contributed by atoms with E-state index < -0.39 is 34.6 Å². The van der Waals surface area contributed by atoms with Gasteiger partial charge in [-0.15, -0.1) is 11.3 Å². The van der Waals surface area contributed by atoms with Crippen molar-refractivity contribution >= 4 is 46.3 Å². The van der Waals surface area contributed by atoms with Crippen LogP contribution in [-0.4, -0.2) is 44.8 Å². The van der Waals surface area contributed by atoms with Gasteiger partial charge in [0.2, 0.25) is 0 Å². The largest absolute Gasteiger partial charge is 0.417 e. The van der Waals surface area contributed by atoms with Crippen molar-refractivity contribution in [3.8, 4) is 0 Å². The number of amides is 2. The van der Waals surface area contributed by atoms with Gasteiger partial charge in [0, 0.05) is 17.8 Å². The molecule has 196 valence electrons. The third-order valence-corrected chi connectivity index (χ3v) is 7.28. The molecule has 1 aliphatic rings. The maximum absolute atomic E-state index is 13.1. The first-order chi connectivity index (χ1) is 17.5. The van der Waals surface area contributed by atoms with E-state index >= 15 is 0 Å². The van der Waals surface area contributed by atoms with Crippen LogP contribution < -0.4 is 16.4 Å². The second kappa shape index (κ2) is 11.0. The highest BCUT2D eigenvalue weighted by molar-refractivity contribution is 7.13. The Kier molecular flexibility index (Phi) is 7.95. The van der Waals surface area contributed by atoms with Gasteiger partial charge in [0.25, 0.3) is 11.8 Å². The van der Waals surface area contributed by atoms with Crippen LogP contribution in [0.5, 0.6) is 0 Å². The Morgan fingerprint density at radius 2 is 1.92 bits per heavy atom. The Morgan fingerprint density at radius 1 is 1.19 bits per heavy atom. The van der Waals surface area contributed by atoms with E-state index in [0.717, 1.165) is 49.4 Å². The number of alkyl halides is 3. The smallest absolute Gasteiger partial charge is 0.383 e. The Labute approximate surface area is 219 Å². The third kappa shape index (κ3) is 6.35. The van der Waals surface area contributed by atoms with E-state index in [-0.39, 0.29) is 22.1 Å². The van der Waals surface area contributed by atoms with Gasteiger partial charge in [-0.1, -0.05) is 11.6 Å². The summed E-state index contributed by atoms with van der Waals surface area (Å²) in [6.45, 7) is 3.97. The molecule has 1 unspecified atom stereocenters. The molecule has 0 saturated carbocycles. The monoisotopic (exact) mass is 553 g/mol. The molecular formula is C23H23ClF3N7O2S. The van der Waals surface area contributed by atoms with Crippen LogP contribution in [0, 0.1) is 0 Å². The molecule has 1 fully saturated rings. The summed E-state index contributed by atoms with van der Waals surface area (Å²) < 4.78 is 39.3. The first-order valence-electron chi connectivity index (χ1n) is 11.3. The fraction of sp³-hybridized carbons (Fsp3) is 0.348. The molecule has 3 aromatic rings. The number of hydrogen-bond acceptors (Lipinski definition) is 8. The van der Waals surface area contributed by atoms with E-state index in [9.17, 15) is 22.8 Å². The van der Waals surface area contributed by atoms with Gasteiger partial charge < -0.3 is 16.4 Å². The van der Waals surface area contributed by atoms with Crippen LogP contribution in [-0.2, 0) is 12.7 Å². The van der Waals surface area contributed by atoms with Gasteiger partial charge in [0.05, 0.1) is 22.8 Å². The second-order valence-corrected chi connectivity index (χ2v) is 9.94. The summed E-state index contributed by atoms with van der Waals surface area (Å²) >= 11 is 6.63. The van der Waals surface area contributed by atoms with Crippen molar-refractivity contribution in [2.45, 2.75) is 38.5 Å². The number of carbonyl (C=O) groups is 2. The van der Waals surface area contributed by atoms with E-state index in [1.165, 1.54) is 18.6 Å². The fourth-order valence-corrected chi connectivity index (χ4v) is 4.91. The minimum Gasteiger partial charge on any atom is -0.383 e. The number of nitrogen functional groups attached to an aromatic ring is 1. The highest BCUT2D eigenvalue weighted by Crippen LogP contribution is 2.36. The summed E-state index contributed by atoms with van der Waals surface area (Å²) in [7, 11) is 0. The van der Waals surface area contributed by atoms with Crippen molar-refractivity contribution in [1.29, 1.82) is 0 Å². The van der Waals surface area contributed by atoms with Crippen LogP contribution in [0.1, 0.15) is 62.1 Å². The van der Waals surface area contributed by atoms with Crippen LogP contribution in [0.4, 0.5) is 24.7 Å². The van der Waals surface area contributed by atoms with Crippen molar-refractivity contribution in [3.63, 3.8) is 0 Å². The number of anilines is 2. The van der Waals surface area contributed by atoms with Crippen LogP contribution in [0.3, 0.4) is 0 Å². The number of hydrogen-bond donors (Lipinski definition) is 3. The number of aromatic nitrogens is 3. The Hall–Kier alpha value is -3.29. The van der Waals surface area contributed by atoms with E-state index in [2.05, 4.69) is 30.5 Å². The third-order valence-electron chi connectivity index (χ3n) is 5.77. The molecule has 0 radical (unpaired) electrons. The predicted octanol–water partition coefficient (Wildman–Crippen LogP) is 4.53. The minimum atomic E-state index is -4.66. The number of nitrogens with two attached hydrogens (primary N) is 1. The van der Waals surface area contributed by atoms with Crippen LogP contribution >= 0.6 is 22.9 Å². The molecule has 37 heavy (non-hydrogen) atoms. The number of rotatable bonds is 7. The maximum atomic E-state index is 13.1. The van der Waals surface area contributed by atoms with Crippen molar-refractivity contribution in [2.75, 3.05) is 24.1 Å². The molecule has 2 aromatic heterocycles. The molecule has 4 rings (SSSR count). The SMILES string of the molecule is CC(NC(=O)c1ncnc(N)c1CN1CCCC1)c1ncc(C(=O)Nc2ccc(Cl)c(C(F)(F)F)c2)s1. The molecule has 0 bridgehead atoms. The lowest BCUT2D eigenvalue weighted by molar-refractivity contribution is -0.137. The van der Waals surface area contributed by atoms with Crippen LogP contribution in [0.15, 0.2) is 30.7 Å². The van der Waals surface area contributed by atoms with Gasteiger partial charge >= 0.3 is 6.18 Å². The summed E-state index contributed by atoms with van der Waals surface area (Å²) in [6.07, 6.45) is 0.0162. The lowest BCUT2D eigenvalue weighted by Crippen LogP contribution is -2.30. The normalized spacial score (nSPS) is 14.9. The molecule has 1 aromatic carbocycles. The lowest BCUT2D eigenvalue weighted by atomic mass is 10.1. The predicted molar refractivity (Wildman–Crippen MR) is 133 cm³/mol. The average molecular weight is 554 g/mol.